The number of hydrogen-bond acceptors (Lipinski definition) is 7. The molecule has 2 heterocycles. The molecule has 15 heteroatoms. The molecule has 1 aromatic carbocycles. The highest BCUT2D eigenvalue weighted by molar-refractivity contribution is 7.98. The Hall–Kier alpha value is -3.33. The SMILES string of the molecule is CC[C@H](C)[C@@H](CN1Cc2ccccc2C[C@H]1C(=O)NC(CCSC)C(=O)O)NC(=O)[C@@H]1CCC(=O)N1.O=C(O)C(F)(F)F. The zero-order chi connectivity index (χ0) is 32.3. The average Bonchev–Trinajstić information content (AvgIpc) is 3.39. The van der Waals surface area contributed by atoms with Gasteiger partial charge >= 0.3 is 18.1 Å². The van der Waals surface area contributed by atoms with Crippen LogP contribution in [-0.2, 0) is 36.9 Å². The first-order valence-corrected chi connectivity index (χ1v) is 15.3. The van der Waals surface area contributed by atoms with Gasteiger partial charge in [0.15, 0.2) is 0 Å². The number of nitrogens with one attached hydrogen (secondary N) is 3. The van der Waals surface area contributed by atoms with Crippen LogP contribution in [-0.4, -0.2) is 93.7 Å². The minimum absolute atomic E-state index is 0.117. The highest BCUT2D eigenvalue weighted by atomic mass is 32.2. The van der Waals surface area contributed by atoms with E-state index in [-0.39, 0.29) is 29.7 Å². The van der Waals surface area contributed by atoms with Gasteiger partial charge in [-0.25, -0.2) is 9.59 Å². The highest BCUT2D eigenvalue weighted by Crippen LogP contribution is 2.25. The van der Waals surface area contributed by atoms with Gasteiger partial charge in [0.1, 0.15) is 12.1 Å². The third-order valence-corrected chi connectivity index (χ3v) is 8.16. The first kappa shape index (κ1) is 35.9. The molecule has 0 saturated carbocycles. The molecular weight excluding hydrogens is 593 g/mol. The van der Waals surface area contributed by atoms with Crippen LogP contribution >= 0.6 is 11.8 Å². The van der Waals surface area contributed by atoms with Gasteiger partial charge in [0, 0.05) is 25.6 Å². The fraction of sp³-hybridized carbons (Fsp3) is 0.607. The monoisotopic (exact) mass is 632 g/mol. The van der Waals surface area contributed by atoms with Crippen molar-refractivity contribution >= 4 is 41.4 Å². The van der Waals surface area contributed by atoms with E-state index >= 15 is 0 Å². The molecule has 3 amide bonds. The lowest BCUT2D eigenvalue weighted by Gasteiger charge is -2.40. The zero-order valence-corrected chi connectivity index (χ0v) is 25.1. The van der Waals surface area contributed by atoms with Crippen LogP contribution in [0.5, 0.6) is 0 Å². The van der Waals surface area contributed by atoms with Gasteiger partial charge in [0.25, 0.3) is 0 Å². The second kappa shape index (κ2) is 16.5. The quantitative estimate of drug-likeness (QED) is 0.232. The van der Waals surface area contributed by atoms with Crippen molar-refractivity contribution in [2.45, 2.75) is 82.8 Å². The van der Waals surface area contributed by atoms with Crippen molar-refractivity contribution in [2.24, 2.45) is 5.92 Å². The first-order valence-electron chi connectivity index (χ1n) is 13.9. The molecule has 11 nitrogen and oxygen atoms in total. The Labute approximate surface area is 252 Å². The van der Waals surface area contributed by atoms with Crippen molar-refractivity contribution < 1.29 is 47.4 Å². The number of alkyl halides is 3. The number of amides is 3. The van der Waals surface area contributed by atoms with E-state index in [0.717, 1.165) is 17.5 Å². The van der Waals surface area contributed by atoms with Crippen molar-refractivity contribution in [1.82, 2.24) is 20.9 Å². The fourth-order valence-electron chi connectivity index (χ4n) is 4.79. The summed E-state index contributed by atoms with van der Waals surface area (Å²) in [6.45, 7) is 5.09. The van der Waals surface area contributed by atoms with Crippen molar-refractivity contribution in [3.63, 3.8) is 0 Å². The molecule has 0 aromatic heterocycles. The van der Waals surface area contributed by atoms with Crippen LogP contribution in [0.15, 0.2) is 24.3 Å². The molecule has 1 unspecified atom stereocenters. The second-order valence-corrected chi connectivity index (χ2v) is 11.5. The molecular formula is C28H39F3N4O7S. The molecule has 1 saturated heterocycles. The van der Waals surface area contributed by atoms with Crippen LogP contribution in [0, 0.1) is 5.92 Å². The van der Waals surface area contributed by atoms with Crippen LogP contribution in [0.1, 0.15) is 50.7 Å². The molecule has 0 bridgehead atoms. The second-order valence-electron chi connectivity index (χ2n) is 10.6. The molecule has 1 fully saturated rings. The molecule has 5 N–H and O–H groups in total. The summed E-state index contributed by atoms with van der Waals surface area (Å²) in [5.74, 6) is -3.65. The third-order valence-electron chi connectivity index (χ3n) is 7.52. The van der Waals surface area contributed by atoms with Gasteiger partial charge in [-0.1, -0.05) is 44.5 Å². The predicted octanol–water partition coefficient (Wildman–Crippen LogP) is 2.18. The molecule has 3 rings (SSSR count). The van der Waals surface area contributed by atoms with Gasteiger partial charge in [0.05, 0.1) is 6.04 Å². The number of carbonyl (C=O) groups is 5. The molecule has 240 valence electrons. The smallest absolute Gasteiger partial charge is 0.480 e. The van der Waals surface area contributed by atoms with E-state index in [1.54, 1.807) is 11.8 Å². The van der Waals surface area contributed by atoms with Crippen LogP contribution < -0.4 is 16.0 Å². The van der Waals surface area contributed by atoms with E-state index in [0.29, 0.717) is 44.5 Å². The number of hydrogen-bond donors (Lipinski definition) is 5. The summed E-state index contributed by atoms with van der Waals surface area (Å²) in [6.07, 6.45) is -0.702. The predicted molar refractivity (Wildman–Crippen MR) is 153 cm³/mol. The molecule has 43 heavy (non-hydrogen) atoms. The van der Waals surface area contributed by atoms with Gasteiger partial charge in [-0.2, -0.15) is 24.9 Å². The number of thioether (sulfide) groups is 1. The number of carboxylic acids is 2. The number of benzene rings is 1. The Bertz CT molecular complexity index is 1150. The fourth-order valence-corrected chi connectivity index (χ4v) is 5.26. The van der Waals surface area contributed by atoms with Gasteiger partial charge in [-0.3, -0.25) is 19.3 Å². The Morgan fingerprint density at radius 1 is 1.12 bits per heavy atom. The maximum absolute atomic E-state index is 13.4. The maximum Gasteiger partial charge on any atom is 0.490 e. The summed E-state index contributed by atoms with van der Waals surface area (Å²) >= 11 is 1.54. The van der Waals surface area contributed by atoms with Crippen molar-refractivity contribution in [3.8, 4) is 0 Å². The Morgan fingerprint density at radius 3 is 2.26 bits per heavy atom. The molecule has 5 atom stereocenters. The molecule has 2 aliphatic heterocycles. The molecule has 2 aliphatic rings. The average molecular weight is 633 g/mol. The Balaban J connectivity index is 0.000000821. The summed E-state index contributed by atoms with van der Waals surface area (Å²) in [5.41, 5.74) is 2.19. The van der Waals surface area contributed by atoms with Gasteiger partial charge in [-0.05, 0) is 48.3 Å². The van der Waals surface area contributed by atoms with Crippen LogP contribution in [0.2, 0.25) is 0 Å². The number of nitrogens with zero attached hydrogens (tertiary/aromatic N) is 1. The van der Waals surface area contributed by atoms with E-state index in [4.69, 9.17) is 9.90 Å². The topological polar surface area (TPSA) is 165 Å². The number of fused-ring (bicyclic) bond motifs is 1. The van der Waals surface area contributed by atoms with E-state index in [9.17, 15) is 37.5 Å². The largest absolute Gasteiger partial charge is 0.490 e. The summed E-state index contributed by atoms with van der Waals surface area (Å²) in [7, 11) is 0. The van der Waals surface area contributed by atoms with E-state index in [1.165, 1.54) is 0 Å². The normalized spacial score (nSPS) is 20.4. The number of carboxylic acid groups (broad SMARTS) is 2. The Kier molecular flexibility index (Phi) is 13.8. The van der Waals surface area contributed by atoms with E-state index in [1.807, 2.05) is 30.5 Å². The zero-order valence-electron chi connectivity index (χ0n) is 24.3. The van der Waals surface area contributed by atoms with Gasteiger partial charge in [0.2, 0.25) is 17.7 Å². The number of rotatable bonds is 12. The summed E-state index contributed by atoms with van der Waals surface area (Å²) in [4.78, 5) is 60.6. The van der Waals surface area contributed by atoms with Crippen molar-refractivity contribution in [1.29, 1.82) is 0 Å². The number of carbonyl (C=O) groups excluding carboxylic acids is 3. The number of aliphatic carboxylic acids is 2. The number of halogens is 3. The first-order chi connectivity index (χ1) is 20.2. The van der Waals surface area contributed by atoms with E-state index in [2.05, 4.69) is 34.7 Å². The highest BCUT2D eigenvalue weighted by Gasteiger charge is 2.38. The van der Waals surface area contributed by atoms with Crippen molar-refractivity contribution in [2.75, 3.05) is 18.6 Å². The summed E-state index contributed by atoms with van der Waals surface area (Å²) in [6, 6.07) is 5.71. The van der Waals surface area contributed by atoms with E-state index < -0.39 is 36.2 Å². The molecule has 0 aliphatic carbocycles. The summed E-state index contributed by atoms with van der Waals surface area (Å²) in [5, 5.41) is 25.4. The summed E-state index contributed by atoms with van der Waals surface area (Å²) < 4.78 is 31.7. The van der Waals surface area contributed by atoms with Crippen LogP contribution in [0.4, 0.5) is 13.2 Å². The van der Waals surface area contributed by atoms with Crippen LogP contribution in [0.3, 0.4) is 0 Å². The minimum atomic E-state index is -5.08. The maximum atomic E-state index is 13.4. The lowest BCUT2D eigenvalue weighted by Crippen LogP contribution is -2.58. The van der Waals surface area contributed by atoms with Crippen LogP contribution in [0.25, 0.3) is 0 Å². The lowest BCUT2D eigenvalue weighted by molar-refractivity contribution is -0.192. The molecule has 1 aromatic rings. The van der Waals surface area contributed by atoms with Gasteiger partial charge < -0.3 is 26.2 Å². The third kappa shape index (κ3) is 11.0. The minimum Gasteiger partial charge on any atom is -0.480 e. The lowest BCUT2D eigenvalue weighted by atomic mass is 9.91. The van der Waals surface area contributed by atoms with Crippen molar-refractivity contribution in [3.05, 3.63) is 35.4 Å². The molecule has 0 radical (unpaired) electrons. The standard InChI is InChI=1S/C26H38N4O5S.C2HF3O2/c1-4-16(2)21(29-24(32)19-9-10-23(31)27-19)15-30-14-18-8-6-5-7-17(18)13-22(30)25(33)28-20(26(34)35)11-12-36-3;3-2(4,5)1(6)7/h5-8,16,19-22H,4,9-15H2,1-3H3,(H,27,31)(H,28,33)(H,29,32)(H,34,35);(H,6,7)/t16-,19-,20?,21+,22-;/m0./s1. The Morgan fingerprint density at radius 2 is 1.74 bits per heavy atom. The van der Waals surface area contributed by atoms with Gasteiger partial charge in [-0.15, -0.1) is 0 Å². The molecule has 0 spiro atoms.